The molecule has 15 heteroatoms. The molecule has 0 radical (unpaired) electrons. The Hall–Kier alpha value is -4.63. The molecular weight excluding hydrogens is 595 g/mol. The largest absolute Gasteiger partial charge is 0.457 e. The van der Waals surface area contributed by atoms with Crippen molar-refractivity contribution < 1.29 is 35.1 Å². The molecule has 0 amide bonds. The fourth-order valence-corrected chi connectivity index (χ4v) is 6.66. The highest BCUT2D eigenvalue weighted by molar-refractivity contribution is 7.89. The second-order valence-electron chi connectivity index (χ2n) is 9.75. The molecule has 2 aromatic heterocycles. The molecule has 0 unspecified atom stereocenters. The number of anilines is 1. The highest BCUT2D eigenvalue weighted by Gasteiger charge is 2.40. The standard InChI is InChI=1S/C28H21F5N6O3S/c29-20-21(30)23(32)26(24(33)22(20)31)43(40,41)38-12-4-5-16(13-38)39-28-19(27(34)35-14-36-28)25(37-39)15-8-10-18(11-9-15)42-17-6-2-1-3-7-17/h1-3,6-11,14,16H,4-5,12-13H2,(H2,34,35,36)/t16-/m1/s1. The van der Waals surface area contributed by atoms with Gasteiger partial charge in [-0.05, 0) is 49.2 Å². The number of halogens is 5. The van der Waals surface area contributed by atoms with E-state index in [1.807, 2.05) is 18.2 Å². The van der Waals surface area contributed by atoms with Gasteiger partial charge in [0.2, 0.25) is 15.8 Å². The van der Waals surface area contributed by atoms with Crippen molar-refractivity contribution in [2.45, 2.75) is 23.8 Å². The van der Waals surface area contributed by atoms with Gasteiger partial charge in [-0.1, -0.05) is 18.2 Å². The number of hydrogen-bond acceptors (Lipinski definition) is 7. The molecule has 1 saturated heterocycles. The van der Waals surface area contributed by atoms with Gasteiger partial charge in [0.15, 0.2) is 33.8 Å². The van der Waals surface area contributed by atoms with Crippen molar-refractivity contribution in [2.24, 2.45) is 0 Å². The number of nitrogens with two attached hydrogens (primary N) is 1. The van der Waals surface area contributed by atoms with Gasteiger partial charge in [-0.25, -0.2) is 45.0 Å². The molecule has 6 rings (SSSR count). The van der Waals surface area contributed by atoms with Crippen LogP contribution in [0.1, 0.15) is 18.9 Å². The van der Waals surface area contributed by atoms with Crippen LogP contribution in [-0.4, -0.2) is 45.6 Å². The Labute approximate surface area is 241 Å². The number of para-hydroxylation sites is 1. The third-order valence-corrected chi connectivity index (χ3v) is 8.98. The highest BCUT2D eigenvalue weighted by Crippen LogP contribution is 2.37. The zero-order valence-electron chi connectivity index (χ0n) is 22.0. The van der Waals surface area contributed by atoms with Gasteiger partial charge in [0.05, 0.1) is 11.4 Å². The molecule has 0 saturated carbocycles. The minimum Gasteiger partial charge on any atom is -0.457 e. The van der Waals surface area contributed by atoms with Crippen molar-refractivity contribution in [3.63, 3.8) is 0 Å². The van der Waals surface area contributed by atoms with E-state index >= 15 is 0 Å². The van der Waals surface area contributed by atoms with Crippen LogP contribution in [0.3, 0.4) is 0 Å². The Morgan fingerprint density at radius 2 is 1.47 bits per heavy atom. The number of rotatable bonds is 6. The van der Waals surface area contributed by atoms with E-state index in [4.69, 9.17) is 10.5 Å². The number of hydrogen-bond donors (Lipinski definition) is 1. The van der Waals surface area contributed by atoms with Gasteiger partial charge in [-0.2, -0.15) is 9.40 Å². The van der Waals surface area contributed by atoms with Gasteiger partial charge in [-0.15, -0.1) is 0 Å². The van der Waals surface area contributed by atoms with E-state index in [-0.39, 0.29) is 31.0 Å². The number of piperidine rings is 1. The zero-order valence-corrected chi connectivity index (χ0v) is 22.8. The van der Waals surface area contributed by atoms with Crippen molar-refractivity contribution >= 4 is 26.9 Å². The predicted molar refractivity (Wildman–Crippen MR) is 145 cm³/mol. The number of sulfonamides is 1. The molecule has 1 aliphatic heterocycles. The van der Waals surface area contributed by atoms with Crippen LogP contribution >= 0.6 is 0 Å². The molecule has 0 aliphatic carbocycles. The highest BCUT2D eigenvalue weighted by atomic mass is 32.2. The van der Waals surface area contributed by atoms with E-state index in [2.05, 4.69) is 15.1 Å². The van der Waals surface area contributed by atoms with Crippen molar-refractivity contribution in [3.8, 4) is 22.8 Å². The molecule has 2 N–H and O–H groups in total. The summed E-state index contributed by atoms with van der Waals surface area (Å²) in [5.74, 6) is -10.7. The predicted octanol–water partition coefficient (Wildman–Crippen LogP) is 5.59. The molecule has 43 heavy (non-hydrogen) atoms. The van der Waals surface area contributed by atoms with Crippen molar-refractivity contribution in [1.82, 2.24) is 24.1 Å². The number of aromatic nitrogens is 4. The van der Waals surface area contributed by atoms with E-state index in [1.165, 1.54) is 11.0 Å². The lowest BCUT2D eigenvalue weighted by molar-refractivity contribution is 0.255. The SMILES string of the molecule is Nc1ncnc2c1c(-c1ccc(Oc3ccccc3)cc1)nn2[C@@H]1CCCN(S(=O)(=O)c2c(F)c(F)c(F)c(F)c2F)C1. The van der Waals surface area contributed by atoms with Gasteiger partial charge in [-0.3, -0.25) is 0 Å². The van der Waals surface area contributed by atoms with Crippen LogP contribution in [0.2, 0.25) is 0 Å². The minimum atomic E-state index is -5.14. The second-order valence-corrected chi connectivity index (χ2v) is 11.6. The summed E-state index contributed by atoms with van der Waals surface area (Å²) in [6.07, 6.45) is 1.78. The van der Waals surface area contributed by atoms with E-state index < -0.39 is 50.0 Å². The average Bonchev–Trinajstić information content (AvgIpc) is 3.41. The molecule has 3 aromatic carbocycles. The van der Waals surface area contributed by atoms with Crippen molar-refractivity contribution in [3.05, 3.63) is 90.0 Å². The molecule has 0 bridgehead atoms. The molecule has 3 heterocycles. The monoisotopic (exact) mass is 616 g/mol. The summed E-state index contributed by atoms with van der Waals surface area (Å²) in [6, 6.07) is 15.4. The summed E-state index contributed by atoms with van der Waals surface area (Å²) in [7, 11) is -5.14. The van der Waals surface area contributed by atoms with Crippen molar-refractivity contribution in [2.75, 3.05) is 18.8 Å². The third-order valence-electron chi connectivity index (χ3n) is 7.10. The maximum absolute atomic E-state index is 14.5. The lowest BCUT2D eigenvalue weighted by Crippen LogP contribution is -2.41. The Balaban J connectivity index is 1.35. The Morgan fingerprint density at radius 1 is 0.837 bits per heavy atom. The summed E-state index contributed by atoms with van der Waals surface area (Å²) >= 11 is 0. The maximum Gasteiger partial charge on any atom is 0.249 e. The van der Waals surface area contributed by atoms with Gasteiger partial charge in [0.25, 0.3) is 0 Å². The van der Waals surface area contributed by atoms with Crippen LogP contribution in [0, 0.1) is 29.1 Å². The number of benzene rings is 3. The molecule has 1 fully saturated rings. The molecule has 1 atom stereocenters. The topological polar surface area (TPSA) is 116 Å². The molecule has 222 valence electrons. The van der Waals surface area contributed by atoms with Crippen LogP contribution in [-0.2, 0) is 10.0 Å². The first-order valence-electron chi connectivity index (χ1n) is 12.9. The van der Waals surface area contributed by atoms with E-state index in [0.29, 0.717) is 38.9 Å². The Kier molecular flexibility index (Phi) is 7.22. The van der Waals surface area contributed by atoms with E-state index in [9.17, 15) is 30.4 Å². The summed E-state index contributed by atoms with van der Waals surface area (Å²) in [5, 5.41) is 5.06. The average molecular weight is 617 g/mol. The smallest absolute Gasteiger partial charge is 0.249 e. The van der Waals surface area contributed by atoms with Crippen molar-refractivity contribution in [1.29, 1.82) is 0 Å². The zero-order chi connectivity index (χ0) is 30.5. The van der Waals surface area contributed by atoms with Gasteiger partial charge >= 0.3 is 0 Å². The number of nitrogen functional groups attached to an aromatic ring is 1. The normalized spacial score (nSPS) is 16.1. The van der Waals surface area contributed by atoms with Crippen LogP contribution in [0.5, 0.6) is 11.5 Å². The molecule has 9 nitrogen and oxygen atoms in total. The fourth-order valence-electron chi connectivity index (χ4n) is 5.04. The summed E-state index contributed by atoms with van der Waals surface area (Å²) in [5.41, 5.74) is 7.47. The third kappa shape index (κ3) is 4.93. The number of ether oxygens (including phenoxy) is 1. The minimum absolute atomic E-state index is 0.109. The Bertz CT molecular complexity index is 1930. The van der Waals surface area contributed by atoms with Gasteiger partial charge < -0.3 is 10.5 Å². The number of nitrogens with zero attached hydrogens (tertiary/aromatic N) is 5. The first-order valence-corrected chi connectivity index (χ1v) is 14.4. The molecule has 5 aromatic rings. The maximum atomic E-state index is 14.5. The Morgan fingerprint density at radius 3 is 2.14 bits per heavy atom. The van der Waals surface area contributed by atoms with Crippen LogP contribution in [0.25, 0.3) is 22.3 Å². The summed E-state index contributed by atoms with van der Waals surface area (Å²) in [4.78, 5) is 6.46. The molecule has 0 spiro atoms. The van der Waals surface area contributed by atoms with Crippen LogP contribution in [0.15, 0.2) is 65.8 Å². The first kappa shape index (κ1) is 28.5. The lowest BCUT2D eigenvalue weighted by Gasteiger charge is -2.32. The molecular formula is C28H21F5N6O3S. The van der Waals surface area contributed by atoms with Gasteiger partial charge in [0, 0.05) is 18.7 Å². The number of fused-ring (bicyclic) bond motifs is 1. The van der Waals surface area contributed by atoms with Crippen LogP contribution in [0.4, 0.5) is 27.8 Å². The van der Waals surface area contributed by atoms with E-state index in [0.717, 1.165) is 0 Å². The molecule has 1 aliphatic rings. The second kappa shape index (κ2) is 10.9. The lowest BCUT2D eigenvalue weighted by atomic mass is 10.1. The fraction of sp³-hybridized carbons (Fsp3) is 0.179. The summed E-state index contributed by atoms with van der Waals surface area (Å²) in [6.45, 7) is -0.601. The van der Waals surface area contributed by atoms with Gasteiger partial charge in [0.1, 0.15) is 29.3 Å². The quantitative estimate of drug-likeness (QED) is 0.150. The first-order chi connectivity index (χ1) is 20.6. The van der Waals surface area contributed by atoms with E-state index in [1.54, 1.807) is 36.4 Å². The summed E-state index contributed by atoms with van der Waals surface area (Å²) < 4.78 is 105. The van der Waals surface area contributed by atoms with Crippen LogP contribution < -0.4 is 10.5 Å².